The second kappa shape index (κ2) is 6.82. The van der Waals surface area contributed by atoms with Gasteiger partial charge in [0, 0.05) is 13.1 Å². The van der Waals surface area contributed by atoms with E-state index >= 15 is 0 Å². The molecule has 0 aliphatic carbocycles. The van der Waals surface area contributed by atoms with E-state index in [1.54, 1.807) is 22.3 Å². The summed E-state index contributed by atoms with van der Waals surface area (Å²) in [5.74, 6) is 0.0543. The highest BCUT2D eigenvalue weighted by atomic mass is 32.1. The van der Waals surface area contributed by atoms with Crippen molar-refractivity contribution in [1.29, 1.82) is 0 Å². The molecule has 112 valence electrons. The molecule has 21 heavy (non-hydrogen) atoms. The van der Waals surface area contributed by atoms with E-state index in [0.29, 0.717) is 12.6 Å². The van der Waals surface area contributed by atoms with Crippen molar-refractivity contribution in [3.8, 4) is 0 Å². The number of nitrogens with zero attached hydrogens (tertiary/aromatic N) is 3. The SMILES string of the molecule is O=C(NCCc1ccsc1)c1ncn([C@@H]2CCCNC2)n1. The second-order valence-corrected chi connectivity index (χ2v) is 5.97. The van der Waals surface area contributed by atoms with Gasteiger partial charge >= 0.3 is 0 Å². The third kappa shape index (κ3) is 3.68. The van der Waals surface area contributed by atoms with E-state index in [2.05, 4.69) is 32.2 Å². The lowest BCUT2D eigenvalue weighted by Gasteiger charge is -2.22. The van der Waals surface area contributed by atoms with Crippen LogP contribution in [0.5, 0.6) is 0 Å². The molecule has 0 saturated carbocycles. The standard InChI is InChI=1S/C14H19N5OS/c20-14(16-6-3-11-4-7-21-9-11)13-17-10-19(18-13)12-2-1-5-15-8-12/h4,7,9-10,12,15H,1-3,5-6,8H2,(H,16,20)/t12-/m1/s1. The number of aromatic nitrogens is 3. The zero-order chi connectivity index (χ0) is 14.5. The fourth-order valence-electron chi connectivity index (χ4n) is 2.45. The molecule has 2 aromatic rings. The number of piperidine rings is 1. The molecule has 1 aliphatic rings. The maximum Gasteiger partial charge on any atom is 0.290 e. The molecule has 1 atom stereocenters. The lowest BCUT2D eigenvalue weighted by molar-refractivity contribution is 0.0943. The monoisotopic (exact) mass is 305 g/mol. The Morgan fingerprint density at radius 2 is 2.52 bits per heavy atom. The van der Waals surface area contributed by atoms with Gasteiger partial charge in [0.15, 0.2) is 0 Å². The molecule has 0 aromatic carbocycles. The molecule has 0 spiro atoms. The van der Waals surface area contributed by atoms with Crippen LogP contribution in [0.25, 0.3) is 0 Å². The van der Waals surface area contributed by atoms with Gasteiger partial charge in [-0.15, -0.1) is 5.10 Å². The number of thiophene rings is 1. The van der Waals surface area contributed by atoms with Crippen molar-refractivity contribution < 1.29 is 4.79 Å². The van der Waals surface area contributed by atoms with Gasteiger partial charge in [-0.05, 0) is 48.2 Å². The van der Waals surface area contributed by atoms with Gasteiger partial charge in [-0.1, -0.05) is 0 Å². The van der Waals surface area contributed by atoms with Gasteiger partial charge in [0.25, 0.3) is 5.91 Å². The fraction of sp³-hybridized carbons (Fsp3) is 0.500. The minimum Gasteiger partial charge on any atom is -0.349 e. The van der Waals surface area contributed by atoms with Crippen LogP contribution >= 0.6 is 11.3 Å². The van der Waals surface area contributed by atoms with Crippen LogP contribution in [0.15, 0.2) is 23.2 Å². The first-order valence-corrected chi connectivity index (χ1v) is 8.18. The maximum absolute atomic E-state index is 12.0. The molecule has 3 rings (SSSR count). The first-order chi connectivity index (χ1) is 10.3. The zero-order valence-corrected chi connectivity index (χ0v) is 12.6. The molecule has 0 unspecified atom stereocenters. The summed E-state index contributed by atoms with van der Waals surface area (Å²) in [6, 6.07) is 2.37. The van der Waals surface area contributed by atoms with Crippen LogP contribution in [0, 0.1) is 0 Å². The van der Waals surface area contributed by atoms with Crippen molar-refractivity contribution >= 4 is 17.2 Å². The van der Waals surface area contributed by atoms with Crippen LogP contribution in [0.2, 0.25) is 0 Å². The Labute approximate surface area is 127 Å². The summed E-state index contributed by atoms with van der Waals surface area (Å²) >= 11 is 1.67. The van der Waals surface area contributed by atoms with Gasteiger partial charge in [-0.2, -0.15) is 11.3 Å². The molecule has 2 N–H and O–H groups in total. The molecule has 1 aliphatic heterocycles. The third-order valence-corrected chi connectivity index (χ3v) is 4.37. The Hall–Kier alpha value is -1.73. The van der Waals surface area contributed by atoms with Gasteiger partial charge in [-0.25, -0.2) is 9.67 Å². The van der Waals surface area contributed by atoms with Crippen LogP contribution in [0.4, 0.5) is 0 Å². The number of nitrogens with one attached hydrogen (secondary N) is 2. The Bertz CT molecular complexity index is 574. The summed E-state index contributed by atoms with van der Waals surface area (Å²) < 4.78 is 1.81. The number of amides is 1. The Morgan fingerprint density at radius 1 is 1.57 bits per heavy atom. The second-order valence-electron chi connectivity index (χ2n) is 5.19. The van der Waals surface area contributed by atoms with E-state index in [-0.39, 0.29) is 11.7 Å². The number of carbonyl (C=O) groups excluding carboxylic acids is 1. The number of rotatable bonds is 5. The summed E-state index contributed by atoms with van der Waals surface area (Å²) in [6.45, 7) is 2.55. The molecule has 0 radical (unpaired) electrons. The third-order valence-electron chi connectivity index (χ3n) is 3.64. The first-order valence-electron chi connectivity index (χ1n) is 7.24. The Balaban J connectivity index is 1.51. The van der Waals surface area contributed by atoms with Gasteiger partial charge in [0.1, 0.15) is 6.33 Å². The molecule has 7 heteroatoms. The minimum absolute atomic E-state index is 0.201. The topological polar surface area (TPSA) is 71.8 Å². The van der Waals surface area contributed by atoms with Crippen LogP contribution in [0.1, 0.15) is 35.1 Å². The van der Waals surface area contributed by atoms with Crippen LogP contribution in [-0.2, 0) is 6.42 Å². The number of hydrogen-bond acceptors (Lipinski definition) is 5. The summed E-state index contributed by atoms with van der Waals surface area (Å²) in [5.41, 5.74) is 1.24. The van der Waals surface area contributed by atoms with E-state index in [1.807, 2.05) is 5.38 Å². The highest BCUT2D eigenvalue weighted by molar-refractivity contribution is 7.07. The van der Waals surface area contributed by atoms with Crippen LogP contribution < -0.4 is 10.6 Å². The molecule has 6 nitrogen and oxygen atoms in total. The van der Waals surface area contributed by atoms with E-state index in [0.717, 1.165) is 32.4 Å². The van der Waals surface area contributed by atoms with Gasteiger partial charge in [-0.3, -0.25) is 4.79 Å². The smallest absolute Gasteiger partial charge is 0.290 e. The summed E-state index contributed by atoms with van der Waals surface area (Å²) in [4.78, 5) is 16.1. The van der Waals surface area contributed by atoms with E-state index in [9.17, 15) is 4.79 Å². The molecule has 2 aromatic heterocycles. The predicted molar refractivity (Wildman–Crippen MR) is 81.5 cm³/mol. The molecule has 1 saturated heterocycles. The van der Waals surface area contributed by atoms with Crippen molar-refractivity contribution in [3.05, 3.63) is 34.5 Å². The molecular weight excluding hydrogens is 286 g/mol. The molecule has 0 bridgehead atoms. The Kier molecular flexibility index (Phi) is 4.62. The van der Waals surface area contributed by atoms with E-state index in [1.165, 1.54) is 5.56 Å². The average Bonchev–Trinajstić information content (AvgIpc) is 3.20. The van der Waals surface area contributed by atoms with Crippen molar-refractivity contribution in [3.63, 3.8) is 0 Å². The fourth-order valence-corrected chi connectivity index (χ4v) is 3.15. The average molecular weight is 305 g/mol. The molecule has 1 amide bonds. The Morgan fingerprint density at radius 3 is 3.29 bits per heavy atom. The van der Waals surface area contributed by atoms with Crippen molar-refractivity contribution in [2.45, 2.75) is 25.3 Å². The maximum atomic E-state index is 12.0. The van der Waals surface area contributed by atoms with Crippen molar-refractivity contribution in [2.75, 3.05) is 19.6 Å². The van der Waals surface area contributed by atoms with Gasteiger partial charge in [0.05, 0.1) is 6.04 Å². The molecule has 3 heterocycles. The number of carbonyl (C=O) groups is 1. The lowest BCUT2D eigenvalue weighted by Crippen LogP contribution is -2.32. The molecule has 1 fully saturated rings. The molecular formula is C14H19N5OS. The highest BCUT2D eigenvalue weighted by Gasteiger charge is 2.18. The van der Waals surface area contributed by atoms with Crippen LogP contribution in [0.3, 0.4) is 0 Å². The summed E-state index contributed by atoms with van der Waals surface area (Å²) in [5, 5.41) is 14.6. The largest absolute Gasteiger partial charge is 0.349 e. The van der Waals surface area contributed by atoms with Crippen molar-refractivity contribution in [1.82, 2.24) is 25.4 Å². The van der Waals surface area contributed by atoms with Gasteiger partial charge in [0.2, 0.25) is 5.82 Å². The highest BCUT2D eigenvalue weighted by Crippen LogP contribution is 2.14. The predicted octanol–water partition coefficient (Wildman–Crippen LogP) is 1.24. The first kappa shape index (κ1) is 14.2. The van der Waals surface area contributed by atoms with Crippen LogP contribution in [-0.4, -0.2) is 40.3 Å². The van der Waals surface area contributed by atoms with Crippen molar-refractivity contribution in [2.24, 2.45) is 0 Å². The number of hydrogen-bond donors (Lipinski definition) is 2. The summed E-state index contributed by atoms with van der Waals surface area (Å²) in [7, 11) is 0. The summed E-state index contributed by atoms with van der Waals surface area (Å²) in [6.07, 6.45) is 4.70. The minimum atomic E-state index is -0.201. The lowest BCUT2D eigenvalue weighted by atomic mass is 10.1. The zero-order valence-electron chi connectivity index (χ0n) is 11.8. The normalized spacial score (nSPS) is 18.6. The van der Waals surface area contributed by atoms with E-state index in [4.69, 9.17) is 0 Å². The van der Waals surface area contributed by atoms with Gasteiger partial charge < -0.3 is 10.6 Å². The van der Waals surface area contributed by atoms with E-state index < -0.39 is 0 Å². The quantitative estimate of drug-likeness (QED) is 0.872.